The fourth-order valence-corrected chi connectivity index (χ4v) is 4.87. The summed E-state index contributed by atoms with van der Waals surface area (Å²) >= 11 is 0. The van der Waals surface area contributed by atoms with E-state index in [1.807, 2.05) is 0 Å². The van der Waals surface area contributed by atoms with Crippen LogP contribution in [0.4, 0.5) is 13.2 Å². The predicted molar refractivity (Wildman–Crippen MR) is 98.0 cm³/mol. The molecule has 11 heteroatoms. The van der Waals surface area contributed by atoms with E-state index in [1.54, 1.807) is 0 Å². The molecule has 154 valence electrons. The van der Waals surface area contributed by atoms with Crippen molar-refractivity contribution in [3.05, 3.63) is 64.2 Å². The molecule has 0 atom stereocenters. The summed E-state index contributed by atoms with van der Waals surface area (Å²) < 4.78 is 67.5. The molecule has 1 aliphatic rings. The Balaban J connectivity index is 1.69. The summed E-state index contributed by atoms with van der Waals surface area (Å²) in [5, 5.41) is 4.10. The summed E-state index contributed by atoms with van der Waals surface area (Å²) in [7, 11) is -3.71. The second-order valence-electron chi connectivity index (χ2n) is 6.84. The highest BCUT2D eigenvalue weighted by molar-refractivity contribution is 7.89. The first-order valence-corrected chi connectivity index (χ1v) is 10.4. The Bertz CT molecular complexity index is 1230. The van der Waals surface area contributed by atoms with Crippen molar-refractivity contribution in [1.82, 2.24) is 18.5 Å². The predicted octanol–water partition coefficient (Wildman–Crippen LogP) is 2.35. The number of fused-ring (bicyclic) bond motifs is 1. The molecule has 0 bridgehead atoms. The molecule has 0 radical (unpaired) electrons. The number of aromatic nitrogens is 3. The molecule has 3 heterocycles. The largest absolute Gasteiger partial charge is 0.416 e. The molecule has 1 saturated heterocycles. The molecule has 0 unspecified atom stereocenters. The first kappa shape index (κ1) is 19.6. The Morgan fingerprint density at radius 3 is 2.48 bits per heavy atom. The maximum Gasteiger partial charge on any atom is 0.416 e. The van der Waals surface area contributed by atoms with Gasteiger partial charge in [0.2, 0.25) is 10.0 Å². The van der Waals surface area contributed by atoms with Gasteiger partial charge in [-0.15, -0.1) is 5.10 Å². The Morgan fingerprint density at radius 2 is 1.79 bits per heavy atom. The van der Waals surface area contributed by atoms with Gasteiger partial charge in [-0.1, -0.05) is 12.1 Å². The molecule has 1 aromatic carbocycles. The second kappa shape index (κ2) is 6.99. The van der Waals surface area contributed by atoms with E-state index in [-0.39, 0.29) is 22.7 Å². The van der Waals surface area contributed by atoms with Crippen LogP contribution in [0, 0.1) is 0 Å². The Morgan fingerprint density at radius 1 is 1.07 bits per heavy atom. The van der Waals surface area contributed by atoms with Crippen LogP contribution in [0.3, 0.4) is 0 Å². The van der Waals surface area contributed by atoms with Gasteiger partial charge < -0.3 is 0 Å². The topological polar surface area (TPSA) is 76.7 Å². The number of nitrogens with zero attached hydrogens (tertiary/aromatic N) is 4. The highest BCUT2D eigenvalue weighted by Crippen LogP contribution is 2.29. The highest BCUT2D eigenvalue weighted by atomic mass is 32.2. The molecule has 0 spiro atoms. The van der Waals surface area contributed by atoms with Crippen molar-refractivity contribution in [2.24, 2.45) is 0 Å². The van der Waals surface area contributed by atoms with Crippen molar-refractivity contribution in [2.75, 3.05) is 13.1 Å². The molecule has 0 saturated carbocycles. The Hall–Kier alpha value is -2.66. The van der Waals surface area contributed by atoms with Crippen LogP contribution >= 0.6 is 0 Å². The quantitative estimate of drug-likeness (QED) is 0.642. The number of rotatable bonds is 4. The normalized spacial score (nSPS) is 16.0. The molecule has 1 aliphatic heterocycles. The van der Waals surface area contributed by atoms with Gasteiger partial charge in [0.15, 0.2) is 5.65 Å². The van der Waals surface area contributed by atoms with Gasteiger partial charge in [0.1, 0.15) is 0 Å². The van der Waals surface area contributed by atoms with E-state index >= 15 is 0 Å². The van der Waals surface area contributed by atoms with Crippen molar-refractivity contribution in [3.8, 4) is 0 Å². The molecular formula is C18H17F3N4O3S. The monoisotopic (exact) mass is 426 g/mol. The van der Waals surface area contributed by atoms with Crippen molar-refractivity contribution < 1.29 is 21.6 Å². The molecule has 0 amide bonds. The third-order valence-corrected chi connectivity index (χ3v) is 6.72. The zero-order chi connectivity index (χ0) is 20.8. The number of hydrogen-bond donors (Lipinski definition) is 0. The minimum Gasteiger partial charge on any atom is -0.249 e. The lowest BCUT2D eigenvalue weighted by Crippen LogP contribution is -2.28. The van der Waals surface area contributed by atoms with Gasteiger partial charge in [0, 0.05) is 19.3 Å². The molecule has 0 aliphatic carbocycles. The fraction of sp³-hybridized carbons (Fsp3) is 0.333. The highest BCUT2D eigenvalue weighted by Gasteiger charge is 2.30. The number of benzene rings is 1. The molecule has 7 nitrogen and oxygen atoms in total. The van der Waals surface area contributed by atoms with Crippen LogP contribution in [0.15, 0.2) is 52.3 Å². The summed E-state index contributed by atoms with van der Waals surface area (Å²) in [5.74, 6) is 0. The summed E-state index contributed by atoms with van der Waals surface area (Å²) in [5.41, 5.74) is -0.973. The maximum atomic E-state index is 12.9. The Labute approximate surface area is 164 Å². The van der Waals surface area contributed by atoms with Crippen molar-refractivity contribution in [2.45, 2.75) is 30.5 Å². The summed E-state index contributed by atoms with van der Waals surface area (Å²) in [4.78, 5) is 12.6. The molecule has 0 N–H and O–H groups in total. The average Bonchev–Trinajstić information content (AvgIpc) is 3.31. The molecule has 2 aromatic heterocycles. The minimum absolute atomic E-state index is 0.0207. The van der Waals surface area contributed by atoms with Crippen LogP contribution in [0.5, 0.6) is 0 Å². The lowest BCUT2D eigenvalue weighted by molar-refractivity contribution is -0.137. The van der Waals surface area contributed by atoms with Crippen LogP contribution in [0.1, 0.15) is 24.0 Å². The van der Waals surface area contributed by atoms with Crippen molar-refractivity contribution in [3.63, 3.8) is 0 Å². The van der Waals surface area contributed by atoms with Gasteiger partial charge in [0.05, 0.1) is 17.0 Å². The summed E-state index contributed by atoms with van der Waals surface area (Å²) in [6.07, 6.45) is -1.70. The van der Waals surface area contributed by atoms with Gasteiger partial charge in [-0.2, -0.15) is 17.5 Å². The number of alkyl halides is 3. The van der Waals surface area contributed by atoms with Crippen molar-refractivity contribution in [1.29, 1.82) is 0 Å². The lowest BCUT2D eigenvalue weighted by atomic mass is 10.1. The molecule has 1 fully saturated rings. The van der Waals surface area contributed by atoms with E-state index in [1.165, 1.54) is 34.8 Å². The van der Waals surface area contributed by atoms with E-state index in [9.17, 15) is 26.4 Å². The zero-order valence-electron chi connectivity index (χ0n) is 15.1. The van der Waals surface area contributed by atoms with Gasteiger partial charge >= 0.3 is 11.9 Å². The molecular weight excluding hydrogens is 409 g/mol. The number of pyridine rings is 1. The van der Waals surface area contributed by atoms with E-state index in [0.717, 1.165) is 34.1 Å². The van der Waals surface area contributed by atoms with Gasteiger partial charge in [-0.3, -0.25) is 0 Å². The smallest absolute Gasteiger partial charge is 0.249 e. The van der Waals surface area contributed by atoms with Gasteiger partial charge in [-0.05, 0) is 42.7 Å². The number of hydrogen-bond acceptors (Lipinski definition) is 4. The number of sulfonamides is 1. The second-order valence-corrected chi connectivity index (χ2v) is 8.78. The van der Waals surface area contributed by atoms with E-state index in [4.69, 9.17) is 0 Å². The van der Waals surface area contributed by atoms with E-state index in [2.05, 4.69) is 5.10 Å². The summed E-state index contributed by atoms with van der Waals surface area (Å²) in [6.45, 7) is 0.701. The fourth-order valence-electron chi connectivity index (χ4n) is 3.35. The van der Waals surface area contributed by atoms with Crippen LogP contribution < -0.4 is 5.69 Å². The molecule has 29 heavy (non-hydrogen) atoms. The maximum absolute atomic E-state index is 12.9. The lowest BCUT2D eigenvalue weighted by Gasteiger charge is -2.15. The standard InChI is InChI=1S/C18H17F3N4O3S/c19-18(20,21)14-5-3-4-13(10-14)11-25-17(26)24-12-15(6-7-16(24)22-25)29(27,28)23-8-1-2-9-23/h3-7,10,12H,1-2,8-9,11H2. The van der Waals surface area contributed by atoms with E-state index < -0.39 is 27.5 Å². The zero-order valence-corrected chi connectivity index (χ0v) is 15.9. The summed E-state index contributed by atoms with van der Waals surface area (Å²) in [6, 6.07) is 7.43. The minimum atomic E-state index is -4.49. The van der Waals surface area contributed by atoms with E-state index in [0.29, 0.717) is 13.1 Å². The van der Waals surface area contributed by atoms with Gasteiger partial charge in [-0.25, -0.2) is 22.3 Å². The van der Waals surface area contributed by atoms with Crippen molar-refractivity contribution >= 4 is 15.7 Å². The Kier molecular flexibility index (Phi) is 4.74. The average molecular weight is 426 g/mol. The van der Waals surface area contributed by atoms with Crippen LogP contribution in [0.25, 0.3) is 5.65 Å². The number of halogens is 3. The third-order valence-electron chi connectivity index (χ3n) is 4.84. The first-order chi connectivity index (χ1) is 13.7. The van der Waals surface area contributed by atoms with Crippen LogP contribution in [-0.4, -0.2) is 40.0 Å². The first-order valence-electron chi connectivity index (χ1n) is 8.92. The van der Waals surface area contributed by atoms with Crippen LogP contribution in [-0.2, 0) is 22.7 Å². The third kappa shape index (κ3) is 3.67. The SMILES string of the molecule is O=c1n(Cc2cccc(C(F)(F)F)c2)nc2ccc(S(=O)(=O)N3CCCC3)cn12. The van der Waals surface area contributed by atoms with Gasteiger partial charge in [0.25, 0.3) is 0 Å². The van der Waals surface area contributed by atoms with Crippen LogP contribution in [0.2, 0.25) is 0 Å². The molecule has 3 aromatic rings. The molecule has 4 rings (SSSR count).